The number of hydrogen-bond donors (Lipinski definition) is 1. The average molecular weight is 337 g/mol. The van der Waals surface area contributed by atoms with Gasteiger partial charge in [0.25, 0.3) is 0 Å². The Hall–Kier alpha value is -1.14. The predicted molar refractivity (Wildman–Crippen MR) is 91.8 cm³/mol. The number of hydrogen-bond acceptors (Lipinski definition) is 4. The van der Waals surface area contributed by atoms with Gasteiger partial charge in [0.15, 0.2) is 0 Å². The van der Waals surface area contributed by atoms with Crippen molar-refractivity contribution < 1.29 is 9.53 Å². The minimum Gasteiger partial charge on any atom is -0.378 e. The van der Waals surface area contributed by atoms with E-state index in [4.69, 9.17) is 4.74 Å². The van der Waals surface area contributed by atoms with E-state index in [-0.39, 0.29) is 23.4 Å². The Kier molecular flexibility index (Phi) is 4.92. The Morgan fingerprint density at radius 3 is 2.96 bits per heavy atom. The Morgan fingerprint density at radius 2 is 2.39 bits per heavy atom. The third-order valence-electron chi connectivity index (χ3n) is 5.50. The quantitative estimate of drug-likeness (QED) is 0.867. The molecule has 1 aromatic heterocycles. The molecule has 1 N–H and O–H groups in total. The lowest BCUT2D eigenvalue weighted by molar-refractivity contribution is -0.169. The summed E-state index contributed by atoms with van der Waals surface area (Å²) in [6.45, 7) is 5.61. The van der Waals surface area contributed by atoms with Crippen molar-refractivity contribution in [2.75, 3.05) is 20.2 Å². The van der Waals surface area contributed by atoms with E-state index in [2.05, 4.69) is 17.2 Å². The van der Waals surface area contributed by atoms with Gasteiger partial charge in [-0.05, 0) is 26.2 Å². The van der Waals surface area contributed by atoms with Crippen LogP contribution >= 0.6 is 11.3 Å². The molecule has 128 valence electrons. The fraction of sp³-hybridized carbons (Fsp3) is 0.765. The molecule has 3 rings (SSSR count). The van der Waals surface area contributed by atoms with Crippen LogP contribution in [-0.2, 0) is 4.74 Å². The number of thiazole rings is 1. The summed E-state index contributed by atoms with van der Waals surface area (Å²) in [6, 6.07) is 0.303. The molecule has 2 fully saturated rings. The maximum absolute atomic E-state index is 12.5. The van der Waals surface area contributed by atoms with E-state index in [1.165, 1.54) is 19.3 Å². The van der Waals surface area contributed by atoms with Crippen molar-refractivity contribution >= 4 is 17.4 Å². The summed E-state index contributed by atoms with van der Waals surface area (Å²) in [7, 11) is 1.87. The topological polar surface area (TPSA) is 54.5 Å². The zero-order valence-electron chi connectivity index (χ0n) is 14.2. The van der Waals surface area contributed by atoms with Crippen molar-refractivity contribution in [1.82, 2.24) is 15.2 Å². The van der Waals surface area contributed by atoms with Gasteiger partial charge in [0, 0.05) is 49.2 Å². The number of carbonyl (C=O) groups is 1. The fourth-order valence-electron chi connectivity index (χ4n) is 3.95. The zero-order valence-corrected chi connectivity index (χ0v) is 15.1. The Bertz CT molecular complexity index is 530. The van der Waals surface area contributed by atoms with E-state index < -0.39 is 0 Å². The lowest BCUT2D eigenvalue weighted by Crippen LogP contribution is -2.68. The first-order valence-corrected chi connectivity index (χ1v) is 9.47. The number of carbonyl (C=O) groups excluding carboxylic acids is 1. The highest BCUT2D eigenvalue weighted by Crippen LogP contribution is 2.57. The van der Waals surface area contributed by atoms with Gasteiger partial charge in [-0.3, -0.25) is 0 Å². The largest absolute Gasteiger partial charge is 0.378 e. The van der Waals surface area contributed by atoms with Crippen molar-refractivity contribution in [3.8, 4) is 0 Å². The molecule has 2 saturated carbocycles. The van der Waals surface area contributed by atoms with Gasteiger partial charge in [0.05, 0.1) is 11.1 Å². The third kappa shape index (κ3) is 3.11. The summed E-state index contributed by atoms with van der Waals surface area (Å²) in [5, 5.41) is 6.30. The number of urea groups is 1. The molecule has 0 radical (unpaired) electrons. The molecule has 1 heterocycles. The highest BCUT2D eigenvalue weighted by Gasteiger charge is 2.59. The average Bonchev–Trinajstić information content (AvgIpc) is 2.98. The first-order valence-electron chi connectivity index (χ1n) is 8.59. The van der Waals surface area contributed by atoms with Crippen molar-refractivity contribution in [3.05, 3.63) is 16.6 Å². The van der Waals surface area contributed by atoms with Gasteiger partial charge >= 0.3 is 6.03 Å². The monoisotopic (exact) mass is 337 g/mol. The van der Waals surface area contributed by atoms with Crippen molar-refractivity contribution in [2.24, 2.45) is 5.41 Å². The van der Waals surface area contributed by atoms with Crippen molar-refractivity contribution in [2.45, 2.75) is 57.6 Å². The molecule has 2 aliphatic carbocycles. The van der Waals surface area contributed by atoms with Gasteiger partial charge in [-0.25, -0.2) is 9.78 Å². The van der Waals surface area contributed by atoms with Gasteiger partial charge in [-0.1, -0.05) is 13.3 Å². The van der Waals surface area contributed by atoms with Gasteiger partial charge < -0.3 is 15.0 Å². The fourth-order valence-corrected chi connectivity index (χ4v) is 4.64. The smallest absolute Gasteiger partial charge is 0.317 e. The Balaban J connectivity index is 1.51. The summed E-state index contributed by atoms with van der Waals surface area (Å²) >= 11 is 1.65. The van der Waals surface area contributed by atoms with Crippen LogP contribution in [-0.4, -0.2) is 48.3 Å². The second kappa shape index (κ2) is 6.77. The molecule has 0 saturated heterocycles. The number of nitrogens with zero attached hydrogens (tertiary/aromatic N) is 2. The van der Waals surface area contributed by atoms with Crippen molar-refractivity contribution in [1.29, 1.82) is 0 Å². The molecule has 5 nitrogen and oxygen atoms in total. The molecule has 23 heavy (non-hydrogen) atoms. The third-order valence-corrected chi connectivity index (χ3v) is 6.51. The van der Waals surface area contributed by atoms with Gasteiger partial charge in [0.2, 0.25) is 0 Å². The first-order chi connectivity index (χ1) is 11.1. The normalized spacial score (nSPS) is 26.2. The zero-order chi connectivity index (χ0) is 16.4. The predicted octanol–water partition coefficient (Wildman–Crippen LogP) is 3.24. The van der Waals surface area contributed by atoms with Crippen LogP contribution in [0.25, 0.3) is 0 Å². The van der Waals surface area contributed by atoms with Crippen LogP contribution in [0.3, 0.4) is 0 Å². The van der Waals surface area contributed by atoms with Gasteiger partial charge in [0.1, 0.15) is 0 Å². The molecule has 0 unspecified atom stereocenters. The van der Waals surface area contributed by atoms with E-state index in [1.54, 1.807) is 16.2 Å². The molecule has 6 heteroatoms. The minimum atomic E-state index is 0.0274. The maximum Gasteiger partial charge on any atom is 0.317 e. The standard InChI is InChI=1S/C17H27N3O2S/c1-4-22-14-10-13(17(14)6-5-7-17)19-16(21)20(3)11-12(2)15-18-8-9-23-15/h8-9,12-14H,4-7,10-11H2,1-3H3,(H,19,21)/t12-,13+,14+/m0/s1. The summed E-state index contributed by atoms with van der Waals surface area (Å²) < 4.78 is 5.85. The Labute approximate surface area is 142 Å². The summed E-state index contributed by atoms with van der Waals surface area (Å²) in [4.78, 5) is 18.6. The van der Waals surface area contributed by atoms with E-state index in [9.17, 15) is 4.79 Å². The molecule has 0 bridgehead atoms. The lowest BCUT2D eigenvalue weighted by Gasteiger charge is -2.61. The molecule has 3 atom stereocenters. The molecule has 0 aliphatic heterocycles. The maximum atomic E-state index is 12.5. The molecular weight excluding hydrogens is 310 g/mol. The molecule has 1 aromatic rings. The number of amides is 2. The second-order valence-corrected chi connectivity index (χ2v) is 7.85. The SMILES string of the molecule is CCO[C@@H]1C[C@@H](NC(=O)N(C)C[C@H](C)c2nccs2)C12CCC2. The van der Waals surface area contributed by atoms with Crippen molar-refractivity contribution in [3.63, 3.8) is 0 Å². The van der Waals surface area contributed by atoms with E-state index >= 15 is 0 Å². The van der Waals surface area contributed by atoms with Crippen LogP contribution in [0, 0.1) is 5.41 Å². The first kappa shape index (κ1) is 16.7. The highest BCUT2D eigenvalue weighted by molar-refractivity contribution is 7.09. The van der Waals surface area contributed by atoms with E-state index in [0.717, 1.165) is 18.0 Å². The molecule has 2 amide bonds. The van der Waals surface area contributed by atoms with Crippen LogP contribution in [0.5, 0.6) is 0 Å². The van der Waals surface area contributed by atoms with Crippen LogP contribution in [0.2, 0.25) is 0 Å². The second-order valence-electron chi connectivity index (χ2n) is 6.92. The number of likely N-dealkylation sites (N-methyl/N-ethyl adjacent to an activating group) is 1. The molecular formula is C17H27N3O2S. The van der Waals surface area contributed by atoms with Crippen LogP contribution < -0.4 is 5.32 Å². The number of nitrogens with one attached hydrogen (secondary N) is 1. The molecule has 2 aliphatic rings. The van der Waals surface area contributed by atoms with Gasteiger partial charge in [-0.15, -0.1) is 11.3 Å². The summed E-state index contributed by atoms with van der Waals surface area (Å²) in [5.74, 6) is 0.265. The van der Waals surface area contributed by atoms with Crippen LogP contribution in [0.1, 0.15) is 50.5 Å². The number of aromatic nitrogens is 1. The number of ether oxygens (including phenoxy) is 1. The van der Waals surface area contributed by atoms with E-state index in [0.29, 0.717) is 12.6 Å². The highest BCUT2D eigenvalue weighted by atomic mass is 32.1. The summed E-state index contributed by atoms with van der Waals surface area (Å²) in [6.07, 6.45) is 6.73. The Morgan fingerprint density at radius 1 is 1.61 bits per heavy atom. The number of rotatable bonds is 6. The van der Waals surface area contributed by atoms with E-state index in [1.807, 2.05) is 25.5 Å². The summed E-state index contributed by atoms with van der Waals surface area (Å²) in [5.41, 5.74) is 0.216. The molecule has 0 aromatic carbocycles. The van der Waals surface area contributed by atoms with Crippen LogP contribution in [0.4, 0.5) is 4.79 Å². The minimum absolute atomic E-state index is 0.0274. The lowest BCUT2D eigenvalue weighted by atomic mass is 9.51. The van der Waals surface area contributed by atoms with Crippen LogP contribution in [0.15, 0.2) is 11.6 Å². The van der Waals surface area contributed by atoms with Gasteiger partial charge in [-0.2, -0.15) is 0 Å². The molecule has 1 spiro atoms.